The average Bonchev–Trinajstić information content (AvgIpc) is 3.01. The number of nitrogens with zero attached hydrogens (tertiary/aromatic N) is 3. The first-order valence-electron chi connectivity index (χ1n) is 8.84. The number of halogens is 1. The fraction of sp³-hybridized carbons (Fsp3) is 0.765. The summed E-state index contributed by atoms with van der Waals surface area (Å²) < 4.78 is 0. The number of aryl methyl sites for hydroxylation is 1. The molecule has 5 nitrogen and oxygen atoms in total. The molecule has 24 heavy (non-hydrogen) atoms. The molecule has 0 aromatic carbocycles. The van der Waals surface area contributed by atoms with Gasteiger partial charge in [-0.25, -0.2) is 9.98 Å². The van der Waals surface area contributed by atoms with Gasteiger partial charge in [0.25, 0.3) is 0 Å². The number of guanidine groups is 1. The summed E-state index contributed by atoms with van der Waals surface area (Å²) in [4.78, 5) is 13.0. The van der Waals surface area contributed by atoms with Gasteiger partial charge in [0.15, 0.2) is 5.96 Å². The maximum Gasteiger partial charge on any atom is 0.191 e. The topological polar surface area (TPSA) is 52.6 Å². The SMILES string of the molecule is CCNC(=NCc1ncc(CC)s1)NC1CCN(C(C)C)CC1.I. The Balaban J connectivity index is 0.00000288. The van der Waals surface area contributed by atoms with Crippen LogP contribution in [0.2, 0.25) is 0 Å². The van der Waals surface area contributed by atoms with E-state index in [1.54, 1.807) is 11.3 Å². The van der Waals surface area contributed by atoms with Crippen LogP contribution >= 0.6 is 35.3 Å². The number of hydrogen-bond acceptors (Lipinski definition) is 4. The lowest BCUT2D eigenvalue weighted by Gasteiger charge is -2.35. The van der Waals surface area contributed by atoms with Crippen LogP contribution in [0.5, 0.6) is 0 Å². The van der Waals surface area contributed by atoms with E-state index < -0.39 is 0 Å². The van der Waals surface area contributed by atoms with Gasteiger partial charge >= 0.3 is 0 Å². The summed E-state index contributed by atoms with van der Waals surface area (Å²) in [7, 11) is 0. The molecule has 0 radical (unpaired) electrons. The molecule has 2 heterocycles. The summed E-state index contributed by atoms with van der Waals surface area (Å²) in [6.45, 7) is 12.7. The monoisotopic (exact) mass is 465 g/mol. The van der Waals surface area contributed by atoms with E-state index in [0.717, 1.165) is 23.9 Å². The summed E-state index contributed by atoms with van der Waals surface area (Å²) in [5.74, 6) is 0.920. The molecule has 0 spiro atoms. The van der Waals surface area contributed by atoms with E-state index in [2.05, 4.69) is 48.2 Å². The number of aromatic nitrogens is 1. The minimum absolute atomic E-state index is 0. The number of hydrogen-bond donors (Lipinski definition) is 2. The summed E-state index contributed by atoms with van der Waals surface area (Å²) in [6, 6.07) is 1.17. The third kappa shape index (κ3) is 6.84. The molecule has 2 N–H and O–H groups in total. The molecule has 7 heteroatoms. The number of likely N-dealkylation sites (tertiary alicyclic amines) is 1. The molecule has 2 rings (SSSR count). The van der Waals surface area contributed by atoms with E-state index in [9.17, 15) is 0 Å². The molecule has 138 valence electrons. The van der Waals surface area contributed by atoms with Crippen molar-refractivity contribution < 1.29 is 0 Å². The van der Waals surface area contributed by atoms with E-state index in [1.807, 2.05) is 6.20 Å². The fourth-order valence-corrected chi connectivity index (χ4v) is 3.59. The minimum Gasteiger partial charge on any atom is -0.357 e. The van der Waals surface area contributed by atoms with Crippen molar-refractivity contribution in [3.8, 4) is 0 Å². The molecule has 0 bridgehead atoms. The van der Waals surface area contributed by atoms with Gasteiger partial charge in [-0.2, -0.15) is 0 Å². The number of piperidine rings is 1. The van der Waals surface area contributed by atoms with Crippen LogP contribution in [-0.2, 0) is 13.0 Å². The van der Waals surface area contributed by atoms with Crippen LogP contribution in [0, 0.1) is 0 Å². The Labute approximate surface area is 167 Å². The van der Waals surface area contributed by atoms with Crippen molar-refractivity contribution in [2.75, 3.05) is 19.6 Å². The van der Waals surface area contributed by atoms with E-state index >= 15 is 0 Å². The Morgan fingerprint density at radius 1 is 1.38 bits per heavy atom. The Morgan fingerprint density at radius 2 is 2.08 bits per heavy atom. The van der Waals surface area contributed by atoms with Crippen molar-refractivity contribution in [3.05, 3.63) is 16.1 Å². The Kier molecular flexibility index (Phi) is 10.1. The van der Waals surface area contributed by atoms with Crippen LogP contribution in [0.15, 0.2) is 11.2 Å². The van der Waals surface area contributed by atoms with Crippen molar-refractivity contribution in [1.82, 2.24) is 20.5 Å². The van der Waals surface area contributed by atoms with Crippen molar-refractivity contribution in [2.45, 2.75) is 65.6 Å². The van der Waals surface area contributed by atoms with Crippen LogP contribution in [0.1, 0.15) is 50.4 Å². The number of nitrogens with one attached hydrogen (secondary N) is 2. The molecule has 1 aliphatic heterocycles. The van der Waals surface area contributed by atoms with Crippen LogP contribution in [0.3, 0.4) is 0 Å². The van der Waals surface area contributed by atoms with Crippen LogP contribution in [0.25, 0.3) is 0 Å². The fourth-order valence-electron chi connectivity index (χ4n) is 2.80. The first-order chi connectivity index (χ1) is 11.1. The second-order valence-corrected chi connectivity index (χ2v) is 7.52. The Morgan fingerprint density at radius 3 is 2.62 bits per heavy atom. The highest BCUT2D eigenvalue weighted by Gasteiger charge is 2.21. The van der Waals surface area contributed by atoms with Gasteiger partial charge in [-0.3, -0.25) is 0 Å². The molecule has 1 saturated heterocycles. The van der Waals surface area contributed by atoms with Crippen LogP contribution in [0.4, 0.5) is 0 Å². The second kappa shape index (κ2) is 11.3. The van der Waals surface area contributed by atoms with E-state index in [-0.39, 0.29) is 24.0 Å². The average molecular weight is 465 g/mol. The molecule has 0 atom stereocenters. The van der Waals surface area contributed by atoms with Gasteiger partial charge in [-0.05, 0) is 40.0 Å². The highest BCUT2D eigenvalue weighted by Crippen LogP contribution is 2.15. The number of rotatable bonds is 6. The van der Waals surface area contributed by atoms with Gasteiger partial charge in [-0.15, -0.1) is 35.3 Å². The number of thiazole rings is 1. The summed E-state index contributed by atoms with van der Waals surface area (Å²) >= 11 is 1.76. The summed E-state index contributed by atoms with van der Waals surface area (Å²) in [5, 5.41) is 8.04. The predicted octanol–water partition coefficient (Wildman–Crippen LogP) is 3.25. The normalized spacial score (nSPS) is 17.0. The zero-order chi connectivity index (χ0) is 16.7. The summed E-state index contributed by atoms with van der Waals surface area (Å²) in [6.07, 6.45) is 5.38. The van der Waals surface area contributed by atoms with Gasteiger partial charge in [0.2, 0.25) is 0 Å². The molecule has 1 fully saturated rings. The standard InChI is InChI=1S/C17H31N5S.HI/c1-5-15-11-19-16(23-15)12-20-17(18-6-2)21-14-7-9-22(10-8-14)13(3)4;/h11,13-14H,5-10,12H2,1-4H3,(H2,18,20,21);1H. The molecule has 0 aliphatic carbocycles. The predicted molar refractivity (Wildman–Crippen MR) is 115 cm³/mol. The van der Waals surface area contributed by atoms with Crippen molar-refractivity contribution in [1.29, 1.82) is 0 Å². The smallest absolute Gasteiger partial charge is 0.191 e. The Bertz CT molecular complexity index is 495. The van der Waals surface area contributed by atoms with Crippen molar-refractivity contribution in [2.24, 2.45) is 4.99 Å². The van der Waals surface area contributed by atoms with Crippen molar-refractivity contribution >= 4 is 41.3 Å². The van der Waals surface area contributed by atoms with Gasteiger partial charge in [-0.1, -0.05) is 6.92 Å². The molecule has 1 aromatic rings. The molecule has 1 aromatic heterocycles. The largest absolute Gasteiger partial charge is 0.357 e. The lowest BCUT2D eigenvalue weighted by molar-refractivity contribution is 0.167. The van der Waals surface area contributed by atoms with Gasteiger partial charge in [0, 0.05) is 42.8 Å². The highest BCUT2D eigenvalue weighted by molar-refractivity contribution is 14.0. The molecule has 0 saturated carbocycles. The van der Waals surface area contributed by atoms with E-state index in [0.29, 0.717) is 18.6 Å². The van der Waals surface area contributed by atoms with Gasteiger partial charge in [0.1, 0.15) is 5.01 Å². The van der Waals surface area contributed by atoms with Crippen molar-refractivity contribution in [3.63, 3.8) is 0 Å². The van der Waals surface area contributed by atoms with E-state index in [1.165, 1.54) is 30.8 Å². The van der Waals surface area contributed by atoms with Crippen LogP contribution in [-0.4, -0.2) is 47.6 Å². The maximum atomic E-state index is 4.71. The molecule has 0 unspecified atom stereocenters. The molecular weight excluding hydrogens is 433 g/mol. The minimum atomic E-state index is 0. The lowest BCUT2D eigenvalue weighted by atomic mass is 10.0. The third-order valence-electron chi connectivity index (χ3n) is 4.27. The van der Waals surface area contributed by atoms with Gasteiger partial charge < -0.3 is 15.5 Å². The number of aliphatic imine (C=N–C) groups is 1. The lowest BCUT2D eigenvalue weighted by Crippen LogP contribution is -2.49. The first-order valence-corrected chi connectivity index (χ1v) is 9.66. The van der Waals surface area contributed by atoms with Gasteiger partial charge in [0.05, 0.1) is 6.54 Å². The third-order valence-corrected chi connectivity index (χ3v) is 5.39. The molecule has 0 amide bonds. The van der Waals surface area contributed by atoms with E-state index in [4.69, 9.17) is 4.99 Å². The molecular formula is C17H32IN5S. The van der Waals surface area contributed by atoms with Crippen LogP contribution < -0.4 is 10.6 Å². The molecule has 1 aliphatic rings. The zero-order valence-corrected chi connectivity index (χ0v) is 18.5. The maximum absolute atomic E-state index is 4.71. The second-order valence-electron chi connectivity index (χ2n) is 6.32. The highest BCUT2D eigenvalue weighted by atomic mass is 127. The first kappa shape index (κ1) is 21.6. The quantitative estimate of drug-likeness (QED) is 0.385. The Hall–Kier alpha value is -0.410. The summed E-state index contributed by atoms with van der Waals surface area (Å²) in [5.41, 5.74) is 0. The zero-order valence-electron chi connectivity index (χ0n) is 15.3.